The van der Waals surface area contributed by atoms with Crippen molar-refractivity contribution in [2.45, 2.75) is 50.3 Å². The van der Waals surface area contributed by atoms with Gasteiger partial charge in [-0.05, 0) is 13.8 Å². The van der Waals surface area contributed by atoms with Crippen LogP contribution in [0.25, 0.3) is 0 Å². The number of fused-ring (bicyclic) bond motifs is 3. The fourth-order valence-corrected chi connectivity index (χ4v) is 2.50. The van der Waals surface area contributed by atoms with Gasteiger partial charge in [-0.3, -0.25) is 0 Å². The first-order valence-corrected chi connectivity index (χ1v) is 5.87. The molecule has 0 aromatic heterocycles. The second-order valence-electron chi connectivity index (χ2n) is 4.99. The summed E-state index contributed by atoms with van der Waals surface area (Å²) in [6.07, 6.45) is -3.24. The highest BCUT2D eigenvalue weighted by Crippen LogP contribution is 2.37. The monoisotopic (exact) mass is 260 g/mol. The number of methoxy groups -OCH3 is 1. The molecular weight excluding hydrogens is 244 g/mol. The fraction of sp³-hybridized carbons (Fsp3) is 0.909. The maximum Gasteiger partial charge on any atom is 0.509 e. The molecular formula is C11H16O7. The van der Waals surface area contributed by atoms with Gasteiger partial charge in [0, 0.05) is 7.11 Å². The molecule has 3 aliphatic heterocycles. The first-order valence-electron chi connectivity index (χ1n) is 5.87. The molecule has 3 rings (SSSR count). The van der Waals surface area contributed by atoms with Crippen LogP contribution in [0.5, 0.6) is 0 Å². The Bertz CT molecular complexity index is 355. The Morgan fingerprint density at radius 3 is 2.67 bits per heavy atom. The highest BCUT2D eigenvalue weighted by Gasteiger charge is 2.58. The van der Waals surface area contributed by atoms with Crippen LogP contribution in [0.1, 0.15) is 13.8 Å². The predicted molar refractivity (Wildman–Crippen MR) is 55.7 cm³/mol. The first kappa shape index (κ1) is 12.2. The summed E-state index contributed by atoms with van der Waals surface area (Å²) in [7, 11) is 1.49. The minimum absolute atomic E-state index is 0.335. The van der Waals surface area contributed by atoms with Gasteiger partial charge < -0.3 is 28.4 Å². The SMILES string of the molecule is CO[C@H]1O[C@@H]2COC(C)(C)O[C@H]2[C@@H]2OC(=O)O[C@H]12. The van der Waals surface area contributed by atoms with E-state index >= 15 is 0 Å². The van der Waals surface area contributed by atoms with Gasteiger partial charge in [0.15, 0.2) is 24.3 Å². The van der Waals surface area contributed by atoms with Gasteiger partial charge in [0.1, 0.15) is 12.2 Å². The van der Waals surface area contributed by atoms with E-state index in [-0.39, 0.29) is 6.10 Å². The van der Waals surface area contributed by atoms with Crippen LogP contribution in [0.15, 0.2) is 0 Å². The van der Waals surface area contributed by atoms with Crippen molar-refractivity contribution in [3.05, 3.63) is 0 Å². The maximum absolute atomic E-state index is 11.3. The lowest BCUT2D eigenvalue weighted by molar-refractivity contribution is -0.368. The van der Waals surface area contributed by atoms with Crippen molar-refractivity contribution in [1.29, 1.82) is 0 Å². The van der Waals surface area contributed by atoms with E-state index in [1.165, 1.54) is 7.11 Å². The summed E-state index contributed by atoms with van der Waals surface area (Å²) in [6, 6.07) is 0. The van der Waals surface area contributed by atoms with E-state index in [1.807, 2.05) is 0 Å². The van der Waals surface area contributed by atoms with Crippen LogP contribution in [0.4, 0.5) is 4.79 Å². The van der Waals surface area contributed by atoms with Gasteiger partial charge in [-0.2, -0.15) is 0 Å². The van der Waals surface area contributed by atoms with Gasteiger partial charge in [0.05, 0.1) is 6.61 Å². The molecule has 7 heteroatoms. The van der Waals surface area contributed by atoms with Crippen LogP contribution in [-0.4, -0.2) is 56.4 Å². The molecule has 0 bridgehead atoms. The maximum atomic E-state index is 11.3. The van der Waals surface area contributed by atoms with Crippen molar-refractivity contribution in [3.8, 4) is 0 Å². The number of rotatable bonds is 1. The van der Waals surface area contributed by atoms with Crippen LogP contribution in [0, 0.1) is 0 Å². The zero-order chi connectivity index (χ0) is 12.9. The van der Waals surface area contributed by atoms with E-state index < -0.39 is 36.5 Å². The molecule has 0 aromatic carbocycles. The Labute approximate surface area is 104 Å². The molecule has 0 N–H and O–H groups in total. The Morgan fingerprint density at radius 1 is 1.22 bits per heavy atom. The quantitative estimate of drug-likeness (QED) is 0.632. The Hall–Kier alpha value is -0.890. The molecule has 102 valence electrons. The average molecular weight is 260 g/mol. The number of hydrogen-bond acceptors (Lipinski definition) is 7. The molecule has 0 radical (unpaired) electrons. The number of hydrogen-bond donors (Lipinski definition) is 0. The van der Waals surface area contributed by atoms with Crippen molar-refractivity contribution >= 4 is 6.16 Å². The Morgan fingerprint density at radius 2 is 1.94 bits per heavy atom. The van der Waals surface area contributed by atoms with E-state index in [4.69, 9.17) is 28.4 Å². The zero-order valence-corrected chi connectivity index (χ0v) is 10.5. The molecule has 3 aliphatic rings. The summed E-state index contributed by atoms with van der Waals surface area (Å²) in [6.45, 7) is 3.97. The third-order valence-electron chi connectivity index (χ3n) is 3.30. The molecule has 0 aromatic rings. The minimum Gasteiger partial charge on any atom is -0.424 e. The average Bonchev–Trinajstić information content (AvgIpc) is 2.69. The molecule has 0 spiro atoms. The summed E-state index contributed by atoms with van der Waals surface area (Å²) in [4.78, 5) is 11.3. The molecule has 0 aliphatic carbocycles. The predicted octanol–water partition coefficient (Wildman–Crippen LogP) is 0.413. The van der Waals surface area contributed by atoms with E-state index in [9.17, 15) is 4.79 Å². The van der Waals surface area contributed by atoms with Crippen LogP contribution in [0.2, 0.25) is 0 Å². The largest absolute Gasteiger partial charge is 0.509 e. The van der Waals surface area contributed by atoms with E-state index in [0.29, 0.717) is 6.61 Å². The third kappa shape index (κ3) is 1.87. The molecule has 7 nitrogen and oxygen atoms in total. The summed E-state index contributed by atoms with van der Waals surface area (Å²) in [5.41, 5.74) is 0. The lowest BCUT2D eigenvalue weighted by Gasteiger charge is -2.47. The van der Waals surface area contributed by atoms with E-state index in [1.54, 1.807) is 13.8 Å². The van der Waals surface area contributed by atoms with Gasteiger partial charge in [-0.1, -0.05) is 0 Å². The standard InChI is InChI=1S/C11H16O7/c1-11(2)14-4-5-6(18-11)7-8(9(13-3)15-5)17-10(12)16-7/h5-9H,4H2,1-3H3/t5-,6-,7+,8+,9+/m1/s1. The van der Waals surface area contributed by atoms with Crippen molar-refractivity contribution in [2.75, 3.05) is 13.7 Å². The molecule has 3 fully saturated rings. The summed E-state index contributed by atoms with van der Waals surface area (Å²) in [5, 5.41) is 0. The minimum atomic E-state index is -0.732. The number of carbonyl (C=O) groups excluding carboxylic acids is 1. The smallest absolute Gasteiger partial charge is 0.424 e. The number of carbonyl (C=O) groups is 1. The molecule has 3 heterocycles. The van der Waals surface area contributed by atoms with Gasteiger partial charge in [0.2, 0.25) is 0 Å². The summed E-state index contributed by atoms with van der Waals surface area (Å²) < 4.78 is 32.3. The fourth-order valence-electron chi connectivity index (χ4n) is 2.50. The number of ether oxygens (including phenoxy) is 6. The molecule has 0 saturated carbocycles. The van der Waals surface area contributed by atoms with Crippen molar-refractivity contribution in [3.63, 3.8) is 0 Å². The van der Waals surface area contributed by atoms with Crippen molar-refractivity contribution in [2.24, 2.45) is 0 Å². The Balaban J connectivity index is 1.84. The summed E-state index contributed by atoms with van der Waals surface area (Å²) in [5.74, 6) is -0.732. The van der Waals surface area contributed by atoms with Crippen LogP contribution < -0.4 is 0 Å². The second-order valence-corrected chi connectivity index (χ2v) is 4.99. The van der Waals surface area contributed by atoms with Crippen molar-refractivity contribution < 1.29 is 33.2 Å². The highest BCUT2D eigenvalue weighted by molar-refractivity contribution is 5.63. The molecule has 18 heavy (non-hydrogen) atoms. The third-order valence-corrected chi connectivity index (χ3v) is 3.30. The van der Waals surface area contributed by atoms with Gasteiger partial charge in [-0.25, -0.2) is 4.79 Å². The second kappa shape index (κ2) is 4.06. The van der Waals surface area contributed by atoms with Gasteiger partial charge >= 0.3 is 6.16 Å². The molecule has 0 unspecified atom stereocenters. The lowest BCUT2D eigenvalue weighted by atomic mass is 9.97. The van der Waals surface area contributed by atoms with Gasteiger partial charge in [-0.15, -0.1) is 0 Å². The van der Waals surface area contributed by atoms with Crippen LogP contribution in [-0.2, 0) is 28.4 Å². The molecule has 5 atom stereocenters. The van der Waals surface area contributed by atoms with Gasteiger partial charge in [0.25, 0.3) is 0 Å². The van der Waals surface area contributed by atoms with Crippen LogP contribution >= 0.6 is 0 Å². The normalized spacial score (nSPS) is 45.7. The molecule has 0 amide bonds. The lowest BCUT2D eigenvalue weighted by Crippen LogP contribution is -2.63. The van der Waals surface area contributed by atoms with Crippen LogP contribution in [0.3, 0.4) is 0 Å². The summed E-state index contributed by atoms with van der Waals surface area (Å²) >= 11 is 0. The Kier molecular flexibility index (Phi) is 2.74. The van der Waals surface area contributed by atoms with Crippen molar-refractivity contribution in [1.82, 2.24) is 0 Å². The topological polar surface area (TPSA) is 72.5 Å². The first-order chi connectivity index (χ1) is 8.50. The van der Waals surface area contributed by atoms with E-state index in [2.05, 4.69) is 0 Å². The van der Waals surface area contributed by atoms with E-state index in [0.717, 1.165) is 0 Å². The highest BCUT2D eigenvalue weighted by atomic mass is 16.8. The molecule has 3 saturated heterocycles. The zero-order valence-electron chi connectivity index (χ0n) is 10.5.